The number of likely N-dealkylation sites (tertiary alicyclic amines) is 1. The zero-order chi connectivity index (χ0) is 23.6. The van der Waals surface area contributed by atoms with E-state index < -0.39 is 12.1 Å². The number of rotatable bonds is 5. The molecule has 33 heavy (non-hydrogen) atoms. The first kappa shape index (κ1) is 23.0. The molecule has 1 saturated heterocycles. The highest BCUT2D eigenvalue weighted by atomic mass is 19.4. The number of methoxy groups -OCH3 is 1. The van der Waals surface area contributed by atoms with E-state index in [2.05, 4.69) is 10.0 Å². The molecule has 1 amide bonds. The minimum absolute atomic E-state index is 0.0455. The molecule has 0 saturated carbocycles. The normalized spacial score (nSPS) is 20.8. The molecule has 176 valence electrons. The molecular weight excluding hydrogens is 437 g/mol. The number of hydrogen-bond acceptors (Lipinski definition) is 5. The average Bonchev–Trinajstić information content (AvgIpc) is 3.06. The van der Waals surface area contributed by atoms with Crippen molar-refractivity contribution in [2.75, 3.05) is 20.2 Å². The second-order valence-corrected chi connectivity index (χ2v) is 8.50. The van der Waals surface area contributed by atoms with E-state index in [0.29, 0.717) is 30.3 Å². The standard InChI is InChI=1S/C23H25F3N4O3/c1-33-20-8-6-15(10-27-28-22(32)23(24,25)26)9-18(20)14-29-11-16-5-7-17(13-29)19-3-2-4-21(31)30(19)12-16/h2-4,6,8-10,16-17H,5,7,11-14H2,1H3,(H,28,32). The van der Waals surface area contributed by atoms with E-state index in [-0.39, 0.29) is 11.5 Å². The largest absolute Gasteiger partial charge is 0.496 e. The number of fused-ring (bicyclic) bond motifs is 5. The molecule has 0 radical (unpaired) electrons. The van der Waals surface area contributed by atoms with Gasteiger partial charge < -0.3 is 9.30 Å². The van der Waals surface area contributed by atoms with Crippen molar-refractivity contribution in [2.45, 2.75) is 38.0 Å². The third-order valence-corrected chi connectivity index (χ3v) is 6.20. The second-order valence-electron chi connectivity index (χ2n) is 8.50. The fraction of sp³-hybridized carbons (Fsp3) is 0.435. The number of hydrazone groups is 1. The number of halogens is 3. The Morgan fingerprint density at radius 1 is 1.21 bits per heavy atom. The lowest BCUT2D eigenvalue weighted by atomic mass is 9.98. The van der Waals surface area contributed by atoms with Crippen molar-refractivity contribution in [1.29, 1.82) is 0 Å². The Labute approximate surface area is 188 Å². The smallest absolute Gasteiger partial charge is 0.473 e. The van der Waals surface area contributed by atoms with E-state index >= 15 is 0 Å². The van der Waals surface area contributed by atoms with Crippen LogP contribution in [0.4, 0.5) is 13.2 Å². The van der Waals surface area contributed by atoms with Gasteiger partial charge in [0.05, 0.1) is 13.3 Å². The van der Waals surface area contributed by atoms with Gasteiger partial charge in [-0.05, 0) is 48.6 Å². The lowest BCUT2D eigenvalue weighted by Crippen LogP contribution is -2.37. The first-order valence-corrected chi connectivity index (χ1v) is 10.7. The van der Waals surface area contributed by atoms with Gasteiger partial charge in [-0.1, -0.05) is 6.07 Å². The number of carbonyl (C=O) groups is 1. The molecule has 2 atom stereocenters. The van der Waals surface area contributed by atoms with Gasteiger partial charge in [0.2, 0.25) is 0 Å². The second kappa shape index (κ2) is 9.38. The number of benzene rings is 1. The van der Waals surface area contributed by atoms with E-state index in [9.17, 15) is 22.8 Å². The van der Waals surface area contributed by atoms with Crippen LogP contribution in [0.2, 0.25) is 0 Å². The van der Waals surface area contributed by atoms with Gasteiger partial charge in [0.1, 0.15) is 5.75 Å². The van der Waals surface area contributed by atoms with Crippen molar-refractivity contribution in [3.63, 3.8) is 0 Å². The van der Waals surface area contributed by atoms with Crippen LogP contribution in [0.15, 0.2) is 46.3 Å². The van der Waals surface area contributed by atoms with Crippen molar-refractivity contribution in [3.05, 3.63) is 63.6 Å². The third kappa shape index (κ3) is 5.27. The van der Waals surface area contributed by atoms with Crippen molar-refractivity contribution < 1.29 is 22.7 Å². The highest BCUT2D eigenvalue weighted by molar-refractivity contribution is 5.85. The molecule has 0 aliphatic carbocycles. The fourth-order valence-electron chi connectivity index (χ4n) is 4.71. The SMILES string of the molecule is COc1ccc(C=NNC(=O)C(F)(F)F)cc1CN1CC2CCC(C1)c1cccc(=O)n1C2. The average molecular weight is 462 g/mol. The number of nitrogens with zero attached hydrogens (tertiary/aromatic N) is 3. The van der Waals surface area contributed by atoms with Crippen LogP contribution in [0.5, 0.6) is 5.75 Å². The van der Waals surface area contributed by atoms with Crippen LogP contribution in [0.3, 0.4) is 0 Å². The van der Waals surface area contributed by atoms with Crippen molar-refractivity contribution in [1.82, 2.24) is 14.9 Å². The number of aromatic nitrogens is 1. The lowest BCUT2D eigenvalue weighted by Gasteiger charge is -2.31. The summed E-state index contributed by atoms with van der Waals surface area (Å²) in [6.45, 7) is 2.91. The summed E-state index contributed by atoms with van der Waals surface area (Å²) in [5, 5.41) is 3.41. The first-order valence-electron chi connectivity index (χ1n) is 10.7. The van der Waals surface area contributed by atoms with Gasteiger partial charge in [-0.3, -0.25) is 14.5 Å². The van der Waals surface area contributed by atoms with Gasteiger partial charge >= 0.3 is 12.1 Å². The fourth-order valence-corrected chi connectivity index (χ4v) is 4.71. The molecule has 1 aromatic carbocycles. The molecule has 2 aliphatic heterocycles. The van der Waals surface area contributed by atoms with E-state index in [4.69, 9.17) is 4.74 Å². The van der Waals surface area contributed by atoms with Crippen LogP contribution < -0.4 is 15.7 Å². The summed E-state index contributed by atoms with van der Waals surface area (Å²) in [6, 6.07) is 10.6. The lowest BCUT2D eigenvalue weighted by molar-refractivity contribution is -0.173. The van der Waals surface area contributed by atoms with Crippen LogP contribution in [0.1, 0.15) is 35.6 Å². The topological polar surface area (TPSA) is 75.9 Å². The minimum Gasteiger partial charge on any atom is -0.496 e. The van der Waals surface area contributed by atoms with Crippen molar-refractivity contribution >= 4 is 12.1 Å². The van der Waals surface area contributed by atoms with E-state index in [1.807, 2.05) is 16.7 Å². The van der Waals surface area contributed by atoms with Gasteiger partial charge in [-0.15, -0.1) is 0 Å². The van der Waals surface area contributed by atoms with E-state index in [1.54, 1.807) is 31.4 Å². The van der Waals surface area contributed by atoms with Crippen LogP contribution in [-0.2, 0) is 17.9 Å². The molecule has 2 bridgehead atoms. The summed E-state index contributed by atoms with van der Waals surface area (Å²) in [5.74, 6) is -0.857. The quantitative estimate of drug-likeness (QED) is 0.548. The Morgan fingerprint density at radius 2 is 2.03 bits per heavy atom. The van der Waals surface area contributed by atoms with E-state index in [1.165, 1.54) is 11.6 Å². The maximum Gasteiger partial charge on any atom is 0.473 e. The summed E-state index contributed by atoms with van der Waals surface area (Å²) in [4.78, 5) is 25.6. The monoisotopic (exact) mass is 462 g/mol. The zero-order valence-corrected chi connectivity index (χ0v) is 18.1. The van der Waals surface area contributed by atoms with Crippen LogP contribution in [0.25, 0.3) is 0 Å². The molecule has 1 fully saturated rings. The number of hydrogen-bond donors (Lipinski definition) is 1. The summed E-state index contributed by atoms with van der Waals surface area (Å²) in [7, 11) is 1.57. The zero-order valence-electron chi connectivity index (χ0n) is 18.1. The Morgan fingerprint density at radius 3 is 2.79 bits per heavy atom. The molecule has 7 nitrogen and oxygen atoms in total. The highest BCUT2D eigenvalue weighted by Crippen LogP contribution is 2.34. The van der Waals surface area contributed by atoms with Crippen LogP contribution in [0, 0.1) is 5.92 Å². The summed E-state index contributed by atoms with van der Waals surface area (Å²) >= 11 is 0. The summed E-state index contributed by atoms with van der Waals surface area (Å²) in [6.07, 6.45) is -1.75. The third-order valence-electron chi connectivity index (χ3n) is 6.20. The first-order chi connectivity index (χ1) is 15.7. The molecule has 4 rings (SSSR count). The minimum atomic E-state index is -4.99. The Kier molecular flexibility index (Phi) is 6.55. The number of ether oxygens (including phenoxy) is 1. The van der Waals surface area contributed by atoms with Gasteiger partial charge in [-0.2, -0.15) is 18.3 Å². The predicted molar refractivity (Wildman–Crippen MR) is 116 cm³/mol. The molecule has 0 spiro atoms. The molecule has 1 aromatic heterocycles. The van der Waals surface area contributed by atoms with Gasteiger partial charge in [0.25, 0.3) is 5.56 Å². The number of alkyl halides is 3. The molecule has 2 aromatic rings. The van der Waals surface area contributed by atoms with Crippen LogP contribution >= 0.6 is 0 Å². The number of amides is 1. The molecule has 2 aliphatic rings. The summed E-state index contributed by atoms with van der Waals surface area (Å²) < 4.78 is 44.4. The van der Waals surface area contributed by atoms with Crippen molar-refractivity contribution in [3.8, 4) is 5.75 Å². The Bertz CT molecular complexity index is 1110. The van der Waals surface area contributed by atoms with Crippen LogP contribution in [-0.4, -0.2) is 48.0 Å². The molecule has 2 unspecified atom stereocenters. The maximum atomic E-state index is 12.4. The number of carbonyl (C=O) groups excluding carboxylic acids is 1. The highest BCUT2D eigenvalue weighted by Gasteiger charge is 2.38. The maximum absolute atomic E-state index is 12.4. The van der Waals surface area contributed by atoms with Gasteiger partial charge in [-0.25, -0.2) is 5.43 Å². The summed E-state index contributed by atoms with van der Waals surface area (Å²) in [5.41, 5.74) is 4.01. The van der Waals surface area contributed by atoms with E-state index in [0.717, 1.165) is 37.2 Å². The molecule has 3 heterocycles. The predicted octanol–water partition coefficient (Wildman–Crippen LogP) is 2.88. The Balaban J connectivity index is 1.52. The molecule has 1 N–H and O–H groups in total. The van der Waals surface area contributed by atoms with Crippen molar-refractivity contribution in [2.24, 2.45) is 11.0 Å². The Hall–Kier alpha value is -3.14. The van der Waals surface area contributed by atoms with Gasteiger partial charge in [0, 0.05) is 49.4 Å². The molecular formula is C23H25F3N4O3. The number of nitrogens with one attached hydrogen (secondary N) is 1. The molecule has 10 heteroatoms. The number of pyridine rings is 1. The van der Waals surface area contributed by atoms with Gasteiger partial charge in [0.15, 0.2) is 0 Å².